The number of hydrogen-bond acceptors (Lipinski definition) is 8. The Morgan fingerprint density at radius 3 is 2.58 bits per heavy atom. The molecule has 11 nitrogen and oxygen atoms in total. The molecule has 1 spiro atoms. The highest BCUT2D eigenvalue weighted by Crippen LogP contribution is 2.48. The Morgan fingerprint density at radius 2 is 1.84 bits per heavy atom. The van der Waals surface area contributed by atoms with E-state index in [-0.39, 0.29) is 18.7 Å². The number of rotatable bonds is 6. The van der Waals surface area contributed by atoms with Crippen molar-refractivity contribution >= 4 is 29.2 Å². The van der Waals surface area contributed by atoms with Crippen LogP contribution in [0, 0.1) is 15.5 Å². The number of urea groups is 1. The molecule has 0 saturated carbocycles. The molecule has 0 aromatic heterocycles. The van der Waals surface area contributed by atoms with Crippen molar-refractivity contribution in [2.45, 2.75) is 44.6 Å². The summed E-state index contributed by atoms with van der Waals surface area (Å²) in [5, 5.41) is 13.9. The third-order valence-electron chi connectivity index (χ3n) is 7.94. The topological polar surface area (TPSA) is 131 Å². The van der Waals surface area contributed by atoms with Crippen LogP contribution in [0.4, 0.5) is 16.2 Å². The number of non-ortho nitro benzene ring substituents is 1. The second kappa shape index (κ2) is 9.96. The van der Waals surface area contributed by atoms with Crippen LogP contribution in [0.5, 0.6) is 11.5 Å². The maximum absolute atomic E-state index is 14.2. The lowest BCUT2D eigenvalue weighted by molar-refractivity contribution is -0.384. The first kappa shape index (κ1) is 25.5. The highest BCUT2D eigenvalue weighted by molar-refractivity contribution is 6.20. The number of nitro groups is 1. The molecule has 0 aliphatic carbocycles. The van der Waals surface area contributed by atoms with Crippen molar-refractivity contribution in [3.8, 4) is 11.5 Å². The van der Waals surface area contributed by atoms with E-state index in [2.05, 4.69) is 10.2 Å². The van der Waals surface area contributed by atoms with Crippen molar-refractivity contribution in [2.75, 3.05) is 32.2 Å². The Labute approximate surface area is 219 Å². The Bertz CT molecular complexity index is 1310. The summed E-state index contributed by atoms with van der Waals surface area (Å²) in [5.41, 5.74) is 0.544. The number of nitrogens with one attached hydrogen (secondary N) is 1. The molecule has 3 heterocycles. The van der Waals surface area contributed by atoms with Crippen molar-refractivity contribution in [3.63, 3.8) is 0 Å². The van der Waals surface area contributed by atoms with Crippen LogP contribution < -0.4 is 19.7 Å². The van der Waals surface area contributed by atoms with E-state index in [0.717, 1.165) is 35.4 Å². The van der Waals surface area contributed by atoms with Gasteiger partial charge in [0.05, 0.1) is 25.2 Å². The van der Waals surface area contributed by atoms with E-state index < -0.39 is 34.2 Å². The predicted octanol–water partition coefficient (Wildman–Crippen LogP) is 3.22. The van der Waals surface area contributed by atoms with Crippen LogP contribution in [-0.2, 0) is 22.4 Å². The van der Waals surface area contributed by atoms with Crippen LogP contribution in [0.25, 0.3) is 0 Å². The standard InChI is InChI=1S/C27H30N4O7/c1-37-21-10-7-17(14-22(21)38-2)11-13-30-25(33)27(24(32)28-26(30)34)16-18-15-19(31(35)36)8-9-20(18)29-12-5-3-4-6-23(27)29/h7-10,14-15,23H,3-6,11-13,16H2,1-2H3,(H,28,32,34)/t23-,27-/m0/s1. The van der Waals surface area contributed by atoms with Crippen molar-refractivity contribution in [1.82, 2.24) is 10.2 Å². The molecule has 200 valence electrons. The summed E-state index contributed by atoms with van der Waals surface area (Å²) in [7, 11) is 3.07. The van der Waals surface area contributed by atoms with Gasteiger partial charge in [0.15, 0.2) is 16.9 Å². The van der Waals surface area contributed by atoms with E-state index in [1.165, 1.54) is 19.2 Å². The first-order valence-electron chi connectivity index (χ1n) is 12.7. The second-order valence-corrected chi connectivity index (χ2v) is 9.93. The first-order valence-corrected chi connectivity index (χ1v) is 12.7. The fraction of sp³-hybridized carbons (Fsp3) is 0.444. The number of ether oxygens (including phenoxy) is 2. The summed E-state index contributed by atoms with van der Waals surface area (Å²) in [6.45, 7) is 0.682. The van der Waals surface area contributed by atoms with Crippen LogP contribution >= 0.6 is 0 Å². The van der Waals surface area contributed by atoms with Gasteiger partial charge < -0.3 is 14.4 Å². The van der Waals surface area contributed by atoms with Crippen LogP contribution in [0.15, 0.2) is 36.4 Å². The van der Waals surface area contributed by atoms with Crippen molar-refractivity contribution < 1.29 is 28.8 Å². The zero-order chi connectivity index (χ0) is 27.0. The van der Waals surface area contributed by atoms with Gasteiger partial charge in [0.1, 0.15) is 0 Å². The summed E-state index contributed by atoms with van der Waals surface area (Å²) < 4.78 is 10.6. The third-order valence-corrected chi connectivity index (χ3v) is 7.94. The molecule has 3 aliphatic rings. The maximum Gasteiger partial charge on any atom is 0.330 e. The van der Waals surface area contributed by atoms with Gasteiger partial charge in [0.25, 0.3) is 5.69 Å². The molecule has 0 unspecified atom stereocenters. The third kappa shape index (κ3) is 4.11. The minimum Gasteiger partial charge on any atom is -0.493 e. The smallest absolute Gasteiger partial charge is 0.330 e. The molecule has 2 fully saturated rings. The lowest BCUT2D eigenvalue weighted by Gasteiger charge is -2.51. The minimum absolute atomic E-state index is 0.00398. The number of benzene rings is 2. The number of anilines is 1. The van der Waals surface area contributed by atoms with Crippen LogP contribution in [0.1, 0.15) is 36.8 Å². The molecule has 0 bridgehead atoms. The molecule has 2 aromatic rings. The number of fused-ring (bicyclic) bond motifs is 4. The average Bonchev–Trinajstić information content (AvgIpc) is 3.18. The number of carbonyl (C=O) groups excluding carboxylic acids is 3. The quantitative estimate of drug-likeness (QED) is 0.348. The van der Waals surface area contributed by atoms with E-state index in [0.29, 0.717) is 36.4 Å². The molecule has 5 rings (SSSR count). The monoisotopic (exact) mass is 522 g/mol. The lowest BCUT2D eigenvalue weighted by atomic mass is 9.67. The number of amides is 4. The highest BCUT2D eigenvalue weighted by atomic mass is 16.6. The van der Waals surface area contributed by atoms with Gasteiger partial charge in [-0.3, -0.25) is 29.9 Å². The maximum atomic E-state index is 14.2. The molecule has 4 amide bonds. The fourth-order valence-corrected chi connectivity index (χ4v) is 6.07. The van der Waals surface area contributed by atoms with Gasteiger partial charge >= 0.3 is 6.03 Å². The van der Waals surface area contributed by atoms with E-state index in [9.17, 15) is 24.5 Å². The average molecular weight is 523 g/mol. The normalized spacial score (nSPS) is 22.9. The van der Waals surface area contributed by atoms with Gasteiger partial charge in [-0.25, -0.2) is 4.79 Å². The number of carbonyl (C=O) groups is 3. The molecule has 11 heteroatoms. The van der Waals surface area contributed by atoms with E-state index in [4.69, 9.17) is 9.47 Å². The number of hydrogen-bond donors (Lipinski definition) is 1. The van der Waals surface area contributed by atoms with Gasteiger partial charge in [-0.1, -0.05) is 18.9 Å². The van der Waals surface area contributed by atoms with Gasteiger partial charge in [0.2, 0.25) is 11.8 Å². The van der Waals surface area contributed by atoms with Gasteiger partial charge in [-0.2, -0.15) is 0 Å². The van der Waals surface area contributed by atoms with E-state index in [1.54, 1.807) is 25.3 Å². The van der Waals surface area contributed by atoms with Crippen LogP contribution in [-0.4, -0.2) is 61.0 Å². The zero-order valence-electron chi connectivity index (χ0n) is 21.4. The minimum atomic E-state index is -1.56. The number of methoxy groups -OCH3 is 2. The molecule has 1 N–H and O–H groups in total. The molecule has 2 saturated heterocycles. The molecular weight excluding hydrogens is 492 g/mol. The first-order chi connectivity index (χ1) is 18.3. The summed E-state index contributed by atoms with van der Waals surface area (Å²) >= 11 is 0. The highest BCUT2D eigenvalue weighted by Gasteiger charge is 2.61. The summed E-state index contributed by atoms with van der Waals surface area (Å²) in [4.78, 5) is 54.9. The van der Waals surface area contributed by atoms with E-state index >= 15 is 0 Å². The van der Waals surface area contributed by atoms with Crippen LogP contribution in [0.3, 0.4) is 0 Å². The summed E-state index contributed by atoms with van der Waals surface area (Å²) in [5.74, 6) is -0.0913. The molecular formula is C27H30N4O7. The Hall–Kier alpha value is -4.15. The Kier molecular flexibility index (Phi) is 6.68. The van der Waals surface area contributed by atoms with Gasteiger partial charge in [-0.05, 0) is 48.6 Å². The second-order valence-electron chi connectivity index (χ2n) is 9.93. The molecule has 2 atom stereocenters. The Balaban J connectivity index is 1.51. The van der Waals surface area contributed by atoms with Gasteiger partial charge in [0, 0.05) is 37.3 Å². The Morgan fingerprint density at radius 1 is 1.05 bits per heavy atom. The van der Waals surface area contributed by atoms with Gasteiger partial charge in [-0.15, -0.1) is 0 Å². The zero-order valence-corrected chi connectivity index (χ0v) is 21.4. The van der Waals surface area contributed by atoms with Crippen LogP contribution in [0.2, 0.25) is 0 Å². The number of nitrogens with zero attached hydrogens (tertiary/aromatic N) is 3. The number of imide groups is 2. The SMILES string of the molecule is COc1ccc(CCN2C(=O)NC(=O)[C@@]3(Cc4cc([N+](=O)[O-])ccc4N4CCCCC[C@H]43)C2=O)cc1OC. The fourth-order valence-electron chi connectivity index (χ4n) is 6.07. The predicted molar refractivity (Wildman–Crippen MR) is 137 cm³/mol. The molecule has 0 radical (unpaired) electrons. The van der Waals surface area contributed by atoms with Crippen molar-refractivity contribution in [3.05, 3.63) is 57.6 Å². The summed E-state index contributed by atoms with van der Waals surface area (Å²) in [6, 6.07) is 8.78. The van der Waals surface area contributed by atoms with Crippen molar-refractivity contribution in [1.29, 1.82) is 0 Å². The summed E-state index contributed by atoms with van der Waals surface area (Å²) in [6.07, 6.45) is 3.61. The number of barbiturate groups is 1. The number of nitro benzene ring substituents is 1. The van der Waals surface area contributed by atoms with E-state index in [1.807, 2.05) is 6.07 Å². The lowest BCUT2D eigenvalue weighted by Crippen LogP contribution is -2.72. The molecule has 38 heavy (non-hydrogen) atoms. The van der Waals surface area contributed by atoms with Crippen molar-refractivity contribution in [2.24, 2.45) is 5.41 Å². The molecule has 2 aromatic carbocycles. The largest absolute Gasteiger partial charge is 0.493 e. The molecule has 3 aliphatic heterocycles.